The molecule has 0 aliphatic carbocycles. The zero-order valence-corrected chi connectivity index (χ0v) is 12.7. The predicted octanol–water partition coefficient (Wildman–Crippen LogP) is 3.37. The van der Waals surface area contributed by atoms with Crippen LogP contribution in [0, 0.1) is 0 Å². The van der Waals surface area contributed by atoms with Gasteiger partial charge in [-0.3, -0.25) is 0 Å². The Morgan fingerprint density at radius 2 is 1.80 bits per heavy atom. The van der Waals surface area contributed by atoms with Crippen molar-refractivity contribution >= 4 is 33.4 Å². The summed E-state index contributed by atoms with van der Waals surface area (Å²) in [6.45, 7) is 2.03. The van der Waals surface area contributed by atoms with Crippen LogP contribution in [0.1, 0.15) is 19.3 Å². The van der Waals surface area contributed by atoms with Gasteiger partial charge in [-0.05, 0) is 43.5 Å². The molecule has 1 aromatic heterocycles. The van der Waals surface area contributed by atoms with Gasteiger partial charge in [0.2, 0.25) is 5.95 Å². The van der Waals surface area contributed by atoms with E-state index < -0.39 is 0 Å². The molecule has 1 fully saturated rings. The maximum Gasteiger partial charge on any atom is 0.247 e. The second-order valence-corrected chi connectivity index (χ2v) is 5.74. The second-order valence-electron chi connectivity index (χ2n) is 4.82. The minimum Gasteiger partial charge on any atom is -0.339 e. The van der Waals surface area contributed by atoms with E-state index in [0.717, 1.165) is 29.1 Å². The standard InChI is InChI=1S/C14H16BrN5/c15-11-4-6-12(7-5-11)17-13-10-16-19-14(18-13)20-8-2-1-3-9-20/h4-7,10H,1-3,8-9H2,(H,17,18,19). The molecule has 0 amide bonds. The van der Waals surface area contributed by atoms with E-state index in [9.17, 15) is 0 Å². The van der Waals surface area contributed by atoms with Gasteiger partial charge in [0.25, 0.3) is 0 Å². The van der Waals surface area contributed by atoms with Crippen LogP contribution in [-0.2, 0) is 0 Å². The van der Waals surface area contributed by atoms with Crippen LogP contribution in [0.25, 0.3) is 0 Å². The molecule has 1 N–H and O–H groups in total. The van der Waals surface area contributed by atoms with Gasteiger partial charge in [-0.15, -0.1) is 5.10 Å². The van der Waals surface area contributed by atoms with Gasteiger partial charge in [-0.2, -0.15) is 10.1 Å². The lowest BCUT2D eigenvalue weighted by atomic mass is 10.1. The van der Waals surface area contributed by atoms with Gasteiger partial charge in [0, 0.05) is 23.2 Å². The summed E-state index contributed by atoms with van der Waals surface area (Å²) in [4.78, 5) is 6.74. The van der Waals surface area contributed by atoms with Gasteiger partial charge in [-0.1, -0.05) is 15.9 Å². The highest BCUT2D eigenvalue weighted by atomic mass is 79.9. The molecular formula is C14H16BrN5. The highest BCUT2D eigenvalue weighted by Crippen LogP contribution is 2.20. The lowest BCUT2D eigenvalue weighted by Gasteiger charge is -2.26. The first-order valence-corrected chi connectivity index (χ1v) is 7.58. The molecule has 3 rings (SSSR count). The van der Waals surface area contributed by atoms with E-state index in [1.165, 1.54) is 19.3 Å². The van der Waals surface area contributed by atoms with Gasteiger partial charge in [0.1, 0.15) is 0 Å². The molecule has 0 spiro atoms. The van der Waals surface area contributed by atoms with Crippen LogP contribution in [0.5, 0.6) is 0 Å². The van der Waals surface area contributed by atoms with E-state index in [4.69, 9.17) is 0 Å². The Labute approximate surface area is 126 Å². The third kappa shape index (κ3) is 3.25. The van der Waals surface area contributed by atoms with Gasteiger partial charge in [0.05, 0.1) is 6.20 Å². The predicted molar refractivity (Wildman–Crippen MR) is 83.3 cm³/mol. The summed E-state index contributed by atoms with van der Waals surface area (Å²) in [5.74, 6) is 1.44. The Morgan fingerprint density at radius 3 is 2.55 bits per heavy atom. The Bertz CT molecular complexity index is 566. The van der Waals surface area contributed by atoms with Gasteiger partial charge in [0.15, 0.2) is 5.82 Å². The summed E-state index contributed by atoms with van der Waals surface area (Å²) in [6.07, 6.45) is 5.34. The smallest absolute Gasteiger partial charge is 0.247 e. The maximum atomic E-state index is 4.54. The minimum atomic E-state index is 0.715. The van der Waals surface area contributed by atoms with E-state index in [1.54, 1.807) is 6.20 Å². The van der Waals surface area contributed by atoms with Crippen molar-refractivity contribution in [3.8, 4) is 0 Å². The summed E-state index contributed by atoms with van der Waals surface area (Å²) >= 11 is 3.42. The third-order valence-corrected chi connectivity index (χ3v) is 3.83. The fourth-order valence-corrected chi connectivity index (χ4v) is 2.53. The van der Waals surface area contributed by atoms with Crippen LogP contribution in [-0.4, -0.2) is 28.3 Å². The second kappa shape index (κ2) is 6.17. The Morgan fingerprint density at radius 1 is 1.05 bits per heavy atom. The Balaban J connectivity index is 1.75. The van der Waals surface area contributed by atoms with Crippen molar-refractivity contribution in [1.82, 2.24) is 15.2 Å². The van der Waals surface area contributed by atoms with Crippen LogP contribution in [0.15, 0.2) is 34.9 Å². The number of nitrogens with one attached hydrogen (secondary N) is 1. The summed E-state index contributed by atoms with van der Waals surface area (Å²) in [6, 6.07) is 7.96. The molecule has 6 heteroatoms. The molecule has 1 aromatic carbocycles. The van der Waals surface area contributed by atoms with Crippen molar-refractivity contribution in [2.24, 2.45) is 0 Å². The molecule has 104 valence electrons. The van der Waals surface area contributed by atoms with E-state index in [-0.39, 0.29) is 0 Å². The zero-order valence-electron chi connectivity index (χ0n) is 11.1. The van der Waals surface area contributed by atoms with Gasteiger partial charge in [-0.25, -0.2) is 0 Å². The highest BCUT2D eigenvalue weighted by molar-refractivity contribution is 9.10. The van der Waals surface area contributed by atoms with Crippen molar-refractivity contribution in [2.45, 2.75) is 19.3 Å². The number of nitrogens with zero attached hydrogens (tertiary/aromatic N) is 4. The summed E-state index contributed by atoms with van der Waals surface area (Å²) < 4.78 is 1.05. The summed E-state index contributed by atoms with van der Waals surface area (Å²) in [5, 5.41) is 11.4. The topological polar surface area (TPSA) is 53.9 Å². The van der Waals surface area contributed by atoms with Crippen molar-refractivity contribution in [3.05, 3.63) is 34.9 Å². The molecule has 1 saturated heterocycles. The Hall–Kier alpha value is -1.69. The van der Waals surface area contributed by atoms with Crippen LogP contribution in [0.2, 0.25) is 0 Å². The zero-order chi connectivity index (χ0) is 13.8. The molecule has 20 heavy (non-hydrogen) atoms. The number of piperidine rings is 1. The van der Waals surface area contributed by atoms with E-state index in [1.807, 2.05) is 24.3 Å². The average Bonchev–Trinajstić information content (AvgIpc) is 2.51. The fraction of sp³-hybridized carbons (Fsp3) is 0.357. The molecule has 2 heterocycles. The van der Waals surface area contributed by atoms with Gasteiger partial charge >= 0.3 is 0 Å². The van der Waals surface area contributed by atoms with E-state index >= 15 is 0 Å². The largest absolute Gasteiger partial charge is 0.339 e. The van der Waals surface area contributed by atoms with Crippen molar-refractivity contribution in [2.75, 3.05) is 23.3 Å². The molecule has 1 aliphatic heterocycles. The number of rotatable bonds is 3. The molecule has 0 saturated carbocycles. The van der Waals surface area contributed by atoms with Crippen molar-refractivity contribution < 1.29 is 0 Å². The molecular weight excluding hydrogens is 318 g/mol. The molecule has 0 radical (unpaired) electrons. The molecule has 5 nitrogen and oxygen atoms in total. The lowest BCUT2D eigenvalue weighted by Crippen LogP contribution is -2.31. The van der Waals surface area contributed by atoms with E-state index in [2.05, 4.69) is 41.3 Å². The minimum absolute atomic E-state index is 0.715. The average molecular weight is 334 g/mol. The van der Waals surface area contributed by atoms with Crippen LogP contribution < -0.4 is 10.2 Å². The quantitative estimate of drug-likeness (QED) is 0.933. The number of halogens is 1. The van der Waals surface area contributed by atoms with Crippen molar-refractivity contribution in [1.29, 1.82) is 0 Å². The number of hydrogen-bond donors (Lipinski definition) is 1. The van der Waals surface area contributed by atoms with Crippen LogP contribution in [0.4, 0.5) is 17.5 Å². The Kier molecular flexibility index (Phi) is 4.11. The third-order valence-electron chi connectivity index (χ3n) is 3.30. The molecule has 0 unspecified atom stereocenters. The number of hydrogen-bond acceptors (Lipinski definition) is 5. The SMILES string of the molecule is Brc1ccc(Nc2cnnc(N3CCCCC3)n2)cc1. The number of benzene rings is 1. The first-order valence-electron chi connectivity index (χ1n) is 6.78. The number of aromatic nitrogens is 3. The van der Waals surface area contributed by atoms with Gasteiger partial charge < -0.3 is 10.2 Å². The van der Waals surface area contributed by atoms with Crippen LogP contribution >= 0.6 is 15.9 Å². The highest BCUT2D eigenvalue weighted by Gasteiger charge is 2.14. The normalized spacial score (nSPS) is 15.2. The van der Waals surface area contributed by atoms with Crippen molar-refractivity contribution in [3.63, 3.8) is 0 Å². The molecule has 1 aliphatic rings. The first kappa shape index (κ1) is 13.3. The monoisotopic (exact) mass is 333 g/mol. The molecule has 0 bridgehead atoms. The van der Waals surface area contributed by atoms with Crippen LogP contribution in [0.3, 0.4) is 0 Å². The number of anilines is 3. The van der Waals surface area contributed by atoms with E-state index in [0.29, 0.717) is 5.95 Å². The molecule has 0 atom stereocenters. The molecule has 2 aromatic rings. The summed E-state index contributed by atoms with van der Waals surface area (Å²) in [7, 11) is 0. The fourth-order valence-electron chi connectivity index (χ4n) is 2.26. The first-order chi connectivity index (χ1) is 9.81. The lowest BCUT2D eigenvalue weighted by molar-refractivity contribution is 0.565. The maximum absolute atomic E-state index is 4.54. The summed E-state index contributed by atoms with van der Waals surface area (Å²) in [5.41, 5.74) is 0.985.